The first-order valence-corrected chi connectivity index (χ1v) is 19.0. The molecule has 7 rings (SSSR count). The number of carbonyl (C=O) groups excluding carboxylic acids is 4. The highest BCUT2D eigenvalue weighted by Crippen LogP contribution is 2.21. The van der Waals surface area contributed by atoms with Crippen molar-refractivity contribution in [3.05, 3.63) is 161 Å². The molecular formula is C45H43ClN4O7. The zero-order valence-corrected chi connectivity index (χ0v) is 31.8. The predicted octanol–water partition coefficient (Wildman–Crippen LogP) is 5.08. The highest BCUT2D eigenvalue weighted by molar-refractivity contribution is 6.30. The number of amides is 4. The van der Waals surface area contributed by atoms with Crippen LogP contribution >= 0.6 is 11.6 Å². The van der Waals surface area contributed by atoms with E-state index < -0.39 is 60.4 Å². The van der Waals surface area contributed by atoms with Gasteiger partial charge in [-0.1, -0.05) is 121 Å². The summed E-state index contributed by atoms with van der Waals surface area (Å²) in [6, 6.07) is 35.3. The molecule has 5 aromatic rings. The predicted molar refractivity (Wildman–Crippen MR) is 217 cm³/mol. The lowest BCUT2D eigenvalue weighted by atomic mass is 9.98. The molecule has 0 spiro atoms. The van der Waals surface area contributed by atoms with Crippen LogP contribution in [0.4, 0.5) is 0 Å². The van der Waals surface area contributed by atoms with Crippen molar-refractivity contribution in [3.8, 4) is 16.9 Å². The standard InChI is InChI=1S/C45H43ClN4O7/c46-35-20-13-31(14-21-35)25-38-43(53)49-39(26-30-11-18-34(19-12-30)33-9-5-2-6-10-33)44(54)48-37(24-17-29-7-3-1-4-8-29)42(52)50-40(45(55)56)27-32-15-22-36(23-16-32)57-28-41(51)47-38/h1-16,18-23,37-40H,17,24-28H2,(H,47,51)(H,48,54)(H,49,53)(H,50,52)(H,55,56). The molecule has 57 heavy (non-hydrogen) atoms. The van der Waals surface area contributed by atoms with Crippen LogP contribution in [0.2, 0.25) is 5.02 Å². The molecule has 4 atom stereocenters. The van der Waals surface area contributed by atoms with Gasteiger partial charge in [-0.3, -0.25) is 19.2 Å². The molecule has 12 heteroatoms. The van der Waals surface area contributed by atoms with Crippen LogP contribution in [0, 0.1) is 0 Å². The molecule has 0 saturated carbocycles. The summed E-state index contributed by atoms with van der Waals surface area (Å²) in [5.41, 5.74) is 4.91. The molecule has 0 aliphatic carbocycles. The van der Waals surface area contributed by atoms with Gasteiger partial charge in [-0.05, 0) is 70.5 Å². The smallest absolute Gasteiger partial charge is 0.326 e. The lowest BCUT2D eigenvalue weighted by Gasteiger charge is -2.26. The Kier molecular flexibility index (Phi) is 13.7. The lowest BCUT2D eigenvalue weighted by Crippen LogP contribution is -2.59. The van der Waals surface area contributed by atoms with Crippen LogP contribution < -0.4 is 26.0 Å². The molecule has 11 nitrogen and oxygen atoms in total. The minimum absolute atomic E-state index is 0.0378. The Balaban J connectivity index is 1.34. The van der Waals surface area contributed by atoms with E-state index >= 15 is 0 Å². The van der Waals surface area contributed by atoms with Crippen LogP contribution in [0.3, 0.4) is 0 Å². The maximum Gasteiger partial charge on any atom is 0.326 e. The average Bonchev–Trinajstić information content (AvgIpc) is 3.22. The number of hydrogen-bond acceptors (Lipinski definition) is 6. The Morgan fingerprint density at radius 1 is 0.596 bits per heavy atom. The number of carbonyl (C=O) groups is 5. The SMILES string of the molecule is O=C1COc2ccc(cc2)CC(C(=O)O)NC(=O)C(CCc2ccccc2)NC(=O)C(Cc2ccc(-c3ccccc3)cc2)NC(=O)C(Cc2ccc(Cl)cc2)N1. The monoisotopic (exact) mass is 786 g/mol. The third-order valence-electron chi connectivity index (χ3n) is 9.68. The van der Waals surface area contributed by atoms with Crippen molar-refractivity contribution in [3.63, 3.8) is 0 Å². The summed E-state index contributed by atoms with van der Waals surface area (Å²) in [5, 5.41) is 21.7. The number of fused-ring (bicyclic) bond motifs is 16. The van der Waals surface area contributed by atoms with Gasteiger partial charge in [0.25, 0.3) is 5.91 Å². The first kappa shape index (κ1) is 40.2. The fourth-order valence-electron chi connectivity index (χ4n) is 6.56. The minimum atomic E-state index is -1.32. The van der Waals surface area contributed by atoms with Gasteiger partial charge in [-0.2, -0.15) is 0 Å². The second-order valence-corrected chi connectivity index (χ2v) is 14.3. The van der Waals surface area contributed by atoms with Gasteiger partial charge in [0, 0.05) is 24.3 Å². The number of aryl methyl sites for hydroxylation is 1. The molecule has 2 aliphatic rings. The van der Waals surface area contributed by atoms with Gasteiger partial charge in [0.15, 0.2) is 6.61 Å². The highest BCUT2D eigenvalue weighted by Gasteiger charge is 2.32. The fraction of sp³-hybridized carbons (Fsp3) is 0.222. The van der Waals surface area contributed by atoms with E-state index in [1.54, 1.807) is 48.5 Å². The number of carboxylic acid groups (broad SMARTS) is 1. The summed E-state index contributed by atoms with van der Waals surface area (Å²) in [6.07, 6.45) is 0.594. The van der Waals surface area contributed by atoms with E-state index in [0.717, 1.165) is 22.3 Å². The number of carboxylic acids is 1. The van der Waals surface area contributed by atoms with Crippen LogP contribution in [0.15, 0.2) is 133 Å². The molecule has 4 unspecified atom stereocenters. The zero-order chi connectivity index (χ0) is 40.1. The quantitative estimate of drug-likeness (QED) is 0.130. The summed E-state index contributed by atoms with van der Waals surface area (Å²) < 4.78 is 5.70. The Morgan fingerprint density at radius 3 is 1.74 bits per heavy atom. The first-order chi connectivity index (χ1) is 27.6. The number of rotatable bonds is 9. The van der Waals surface area contributed by atoms with E-state index in [0.29, 0.717) is 28.3 Å². The van der Waals surface area contributed by atoms with Crippen LogP contribution in [-0.4, -0.2) is 65.5 Å². The van der Waals surface area contributed by atoms with Gasteiger partial charge in [-0.25, -0.2) is 4.79 Å². The Morgan fingerprint density at radius 2 is 1.12 bits per heavy atom. The second kappa shape index (κ2) is 19.4. The first-order valence-electron chi connectivity index (χ1n) is 18.7. The van der Waals surface area contributed by atoms with E-state index in [1.807, 2.05) is 84.9 Å². The van der Waals surface area contributed by atoms with Gasteiger partial charge in [0.05, 0.1) is 0 Å². The maximum absolute atomic E-state index is 14.4. The van der Waals surface area contributed by atoms with Crippen molar-refractivity contribution < 1.29 is 33.8 Å². The Labute approximate surface area is 335 Å². The van der Waals surface area contributed by atoms with Gasteiger partial charge in [-0.15, -0.1) is 0 Å². The molecule has 292 valence electrons. The molecule has 2 heterocycles. The zero-order valence-electron chi connectivity index (χ0n) is 31.0. The molecule has 4 amide bonds. The molecule has 5 aromatic carbocycles. The Bertz CT molecular complexity index is 2150. The normalized spacial score (nSPS) is 19.4. The minimum Gasteiger partial charge on any atom is -0.484 e. The summed E-state index contributed by atoms with van der Waals surface area (Å²) in [5.74, 6) is -3.48. The van der Waals surface area contributed by atoms with Gasteiger partial charge in [0.1, 0.15) is 29.9 Å². The van der Waals surface area contributed by atoms with Crippen molar-refractivity contribution in [2.24, 2.45) is 0 Å². The molecule has 0 saturated heterocycles. The van der Waals surface area contributed by atoms with Crippen molar-refractivity contribution >= 4 is 41.2 Å². The van der Waals surface area contributed by atoms with Crippen LogP contribution in [0.25, 0.3) is 11.1 Å². The highest BCUT2D eigenvalue weighted by atomic mass is 35.5. The summed E-state index contributed by atoms with van der Waals surface area (Å²) in [4.78, 5) is 68.2. The number of ether oxygens (including phenoxy) is 1. The Hall–Kier alpha value is -6.46. The van der Waals surface area contributed by atoms with Gasteiger partial charge >= 0.3 is 5.97 Å². The maximum atomic E-state index is 14.4. The molecule has 2 aliphatic heterocycles. The number of aliphatic carboxylic acids is 1. The number of hydrogen-bond donors (Lipinski definition) is 5. The largest absolute Gasteiger partial charge is 0.484 e. The van der Waals surface area contributed by atoms with Crippen molar-refractivity contribution in [1.82, 2.24) is 21.3 Å². The summed E-state index contributed by atoms with van der Waals surface area (Å²) >= 11 is 6.12. The van der Waals surface area contributed by atoms with E-state index in [4.69, 9.17) is 16.3 Å². The number of halogens is 1. The van der Waals surface area contributed by atoms with E-state index in [2.05, 4.69) is 21.3 Å². The van der Waals surface area contributed by atoms with Gasteiger partial charge < -0.3 is 31.1 Å². The van der Waals surface area contributed by atoms with E-state index in [9.17, 15) is 29.1 Å². The molecular weight excluding hydrogens is 744 g/mol. The topological polar surface area (TPSA) is 163 Å². The summed E-state index contributed by atoms with van der Waals surface area (Å²) in [7, 11) is 0. The van der Waals surface area contributed by atoms with Gasteiger partial charge in [0.2, 0.25) is 17.7 Å². The van der Waals surface area contributed by atoms with Crippen LogP contribution in [0.5, 0.6) is 5.75 Å². The number of nitrogens with one attached hydrogen (secondary N) is 4. The van der Waals surface area contributed by atoms with E-state index in [1.165, 1.54) is 0 Å². The molecule has 2 bridgehead atoms. The van der Waals surface area contributed by atoms with Crippen molar-refractivity contribution in [1.29, 1.82) is 0 Å². The van der Waals surface area contributed by atoms with E-state index in [-0.39, 0.29) is 25.7 Å². The third-order valence-corrected chi connectivity index (χ3v) is 9.94. The van der Waals surface area contributed by atoms with Crippen LogP contribution in [0.1, 0.15) is 28.7 Å². The molecule has 0 radical (unpaired) electrons. The average molecular weight is 787 g/mol. The fourth-order valence-corrected chi connectivity index (χ4v) is 6.68. The van der Waals surface area contributed by atoms with Crippen molar-refractivity contribution in [2.45, 2.75) is 56.3 Å². The lowest BCUT2D eigenvalue weighted by molar-refractivity contribution is -0.142. The number of benzene rings is 5. The summed E-state index contributed by atoms with van der Waals surface area (Å²) in [6.45, 7) is -0.418. The molecule has 5 N–H and O–H groups in total. The molecule has 0 aromatic heterocycles. The third kappa shape index (κ3) is 11.8. The van der Waals surface area contributed by atoms with Crippen LogP contribution in [-0.2, 0) is 49.7 Å². The molecule has 0 fully saturated rings. The second-order valence-electron chi connectivity index (χ2n) is 13.9. The van der Waals surface area contributed by atoms with Crippen molar-refractivity contribution in [2.75, 3.05) is 6.61 Å².